The first-order valence-electron chi connectivity index (χ1n) is 9.24. The van der Waals surface area contributed by atoms with Crippen molar-refractivity contribution in [1.82, 2.24) is 14.8 Å². The Bertz CT molecular complexity index is 1170. The number of aromatic hydroxyl groups is 1. The lowest BCUT2D eigenvalue weighted by atomic mass is 10.2. The zero-order valence-corrected chi connectivity index (χ0v) is 19.6. The molecule has 0 aliphatic rings. The van der Waals surface area contributed by atoms with Crippen molar-refractivity contribution in [2.45, 2.75) is 18.6 Å². The van der Waals surface area contributed by atoms with Gasteiger partial charge in [-0.1, -0.05) is 23.2 Å². The smallest absolute Gasteiger partial charge is 0.342 e. The molecule has 0 aliphatic carbocycles. The average Bonchev–Trinajstić information content (AvgIpc) is 3.18. The molecular weight excluding hydrogens is 477 g/mol. The molecule has 0 saturated carbocycles. The predicted molar refractivity (Wildman–Crippen MR) is 124 cm³/mol. The van der Waals surface area contributed by atoms with E-state index in [1.165, 1.54) is 18.2 Å². The zero-order chi connectivity index (χ0) is 23.4. The van der Waals surface area contributed by atoms with Crippen molar-refractivity contribution in [3.8, 4) is 28.6 Å². The summed E-state index contributed by atoms with van der Waals surface area (Å²) in [5, 5.41) is 28.9. The third-order valence-corrected chi connectivity index (χ3v) is 5.90. The lowest BCUT2D eigenvalue weighted by molar-refractivity contribution is -0.131. The standard InChI is InChI=1S/C21H19Cl2N3O5S/c1-4-26-19(12-6-14(30-2)10-15(7-12)31-3)24-25-21(26)32-17(20(28)29)8-11-5-13(22)9-16(23)18(11)27/h5-10,27H,4H2,1-3H3,(H,28,29)/b17-8-. The fraction of sp³-hybridized carbons (Fsp3) is 0.190. The maximum atomic E-state index is 11.9. The number of hydrogen-bond donors (Lipinski definition) is 2. The molecule has 168 valence electrons. The van der Waals surface area contributed by atoms with Crippen molar-refractivity contribution in [3.05, 3.63) is 50.8 Å². The second-order valence-electron chi connectivity index (χ2n) is 6.39. The lowest BCUT2D eigenvalue weighted by Gasteiger charge is -2.11. The summed E-state index contributed by atoms with van der Waals surface area (Å²) in [7, 11) is 3.09. The summed E-state index contributed by atoms with van der Waals surface area (Å²) in [5.41, 5.74) is 0.871. The molecule has 8 nitrogen and oxygen atoms in total. The van der Waals surface area contributed by atoms with Crippen molar-refractivity contribution in [3.63, 3.8) is 0 Å². The van der Waals surface area contributed by atoms with Crippen molar-refractivity contribution in [2.24, 2.45) is 0 Å². The number of benzene rings is 2. The second kappa shape index (κ2) is 10.2. The number of hydrogen-bond acceptors (Lipinski definition) is 7. The van der Waals surface area contributed by atoms with E-state index in [0.29, 0.717) is 34.6 Å². The Kier molecular flexibility index (Phi) is 7.55. The van der Waals surface area contributed by atoms with Gasteiger partial charge >= 0.3 is 5.97 Å². The highest BCUT2D eigenvalue weighted by Gasteiger charge is 2.20. The van der Waals surface area contributed by atoms with Gasteiger partial charge in [-0.25, -0.2) is 4.79 Å². The molecule has 0 radical (unpaired) electrons. The van der Waals surface area contributed by atoms with Crippen LogP contribution in [0.2, 0.25) is 10.0 Å². The van der Waals surface area contributed by atoms with E-state index in [0.717, 1.165) is 11.8 Å². The van der Waals surface area contributed by atoms with Gasteiger partial charge in [0.2, 0.25) is 0 Å². The summed E-state index contributed by atoms with van der Waals surface area (Å²) in [6.45, 7) is 2.37. The van der Waals surface area contributed by atoms with E-state index in [4.69, 9.17) is 32.7 Å². The van der Waals surface area contributed by atoms with E-state index in [-0.39, 0.29) is 26.3 Å². The van der Waals surface area contributed by atoms with Crippen molar-refractivity contribution >= 4 is 47.0 Å². The summed E-state index contributed by atoms with van der Waals surface area (Å²) in [4.78, 5) is 11.8. The Balaban J connectivity index is 2.04. The number of phenolic OH excluding ortho intramolecular Hbond substituents is 1. The number of aliphatic carboxylic acids is 1. The minimum atomic E-state index is -1.21. The van der Waals surface area contributed by atoms with E-state index in [1.807, 2.05) is 6.92 Å². The van der Waals surface area contributed by atoms with Gasteiger partial charge in [-0.2, -0.15) is 0 Å². The SMILES string of the molecule is CCn1c(S/C(=C\c2cc(Cl)cc(Cl)c2O)C(=O)O)nnc1-c1cc(OC)cc(OC)c1. The molecule has 32 heavy (non-hydrogen) atoms. The van der Waals surface area contributed by atoms with Gasteiger partial charge in [0.25, 0.3) is 0 Å². The van der Waals surface area contributed by atoms with E-state index < -0.39 is 5.97 Å². The Labute approximate surface area is 198 Å². The van der Waals surface area contributed by atoms with Crippen LogP contribution in [0.15, 0.2) is 40.4 Å². The summed E-state index contributed by atoms with van der Waals surface area (Å²) >= 11 is 12.8. The highest BCUT2D eigenvalue weighted by molar-refractivity contribution is 8.04. The molecule has 1 aromatic heterocycles. The molecule has 0 spiro atoms. The third kappa shape index (κ3) is 5.12. The Hall–Kier alpha value is -2.88. The molecule has 0 atom stereocenters. The Morgan fingerprint density at radius 2 is 1.78 bits per heavy atom. The molecule has 1 heterocycles. The quantitative estimate of drug-likeness (QED) is 0.323. The number of thioether (sulfide) groups is 1. The van der Waals surface area contributed by atoms with Crippen LogP contribution >= 0.6 is 35.0 Å². The molecule has 0 saturated heterocycles. The van der Waals surface area contributed by atoms with E-state index in [9.17, 15) is 15.0 Å². The van der Waals surface area contributed by atoms with E-state index in [2.05, 4.69) is 10.2 Å². The summed E-state index contributed by atoms with van der Waals surface area (Å²) in [5.74, 6) is 0.208. The second-order valence-corrected chi connectivity index (χ2v) is 8.25. The van der Waals surface area contributed by atoms with Gasteiger partial charge < -0.3 is 24.3 Å². The first kappa shape index (κ1) is 23.8. The van der Waals surface area contributed by atoms with Crippen LogP contribution in [0.4, 0.5) is 0 Å². The van der Waals surface area contributed by atoms with Crippen molar-refractivity contribution < 1.29 is 24.5 Å². The Morgan fingerprint density at radius 1 is 1.12 bits per heavy atom. The number of methoxy groups -OCH3 is 2. The molecule has 0 fully saturated rings. The lowest BCUT2D eigenvalue weighted by Crippen LogP contribution is -2.03. The average molecular weight is 496 g/mol. The number of rotatable bonds is 8. The molecule has 0 aliphatic heterocycles. The van der Waals surface area contributed by atoms with Gasteiger partial charge in [0.15, 0.2) is 11.0 Å². The molecule has 0 unspecified atom stereocenters. The number of carbonyl (C=O) groups is 1. The molecule has 2 N–H and O–H groups in total. The fourth-order valence-electron chi connectivity index (χ4n) is 2.87. The van der Waals surface area contributed by atoms with Crippen LogP contribution in [-0.2, 0) is 11.3 Å². The first-order chi connectivity index (χ1) is 15.3. The monoisotopic (exact) mass is 495 g/mol. The van der Waals surface area contributed by atoms with Crippen molar-refractivity contribution in [2.75, 3.05) is 14.2 Å². The number of ether oxygens (including phenoxy) is 2. The number of halogens is 2. The van der Waals surface area contributed by atoms with Crippen LogP contribution in [0.1, 0.15) is 12.5 Å². The minimum Gasteiger partial charge on any atom is -0.506 e. The van der Waals surface area contributed by atoms with Crippen LogP contribution < -0.4 is 9.47 Å². The third-order valence-electron chi connectivity index (χ3n) is 4.40. The minimum absolute atomic E-state index is 0.0180. The topological polar surface area (TPSA) is 107 Å². The highest BCUT2D eigenvalue weighted by Crippen LogP contribution is 2.36. The molecule has 0 amide bonds. The summed E-state index contributed by atoms with van der Waals surface area (Å²) < 4.78 is 12.4. The summed E-state index contributed by atoms with van der Waals surface area (Å²) in [6, 6.07) is 8.09. The molecule has 3 aromatic rings. The van der Waals surface area contributed by atoms with Gasteiger partial charge in [-0.15, -0.1) is 10.2 Å². The van der Waals surface area contributed by atoms with Gasteiger partial charge in [-0.3, -0.25) is 0 Å². The van der Waals surface area contributed by atoms with E-state index in [1.54, 1.807) is 37.0 Å². The largest absolute Gasteiger partial charge is 0.506 e. The highest BCUT2D eigenvalue weighted by atomic mass is 35.5. The van der Waals surface area contributed by atoms with Gasteiger partial charge in [0, 0.05) is 28.8 Å². The van der Waals surface area contributed by atoms with Crippen LogP contribution in [0, 0.1) is 0 Å². The maximum absolute atomic E-state index is 11.9. The molecule has 11 heteroatoms. The van der Waals surface area contributed by atoms with E-state index >= 15 is 0 Å². The normalized spacial score (nSPS) is 11.5. The number of carboxylic acid groups (broad SMARTS) is 1. The number of aromatic nitrogens is 3. The molecule has 3 rings (SSSR count). The molecule has 2 aromatic carbocycles. The van der Waals surface area contributed by atoms with Crippen LogP contribution in [0.3, 0.4) is 0 Å². The summed E-state index contributed by atoms with van der Waals surface area (Å²) in [6.07, 6.45) is 1.28. The number of phenols is 1. The fourth-order valence-corrected chi connectivity index (χ4v) is 4.26. The van der Waals surface area contributed by atoms with Crippen molar-refractivity contribution in [1.29, 1.82) is 0 Å². The zero-order valence-electron chi connectivity index (χ0n) is 17.3. The van der Waals surface area contributed by atoms with Crippen LogP contribution in [-0.4, -0.2) is 45.2 Å². The molecule has 0 bridgehead atoms. The predicted octanol–water partition coefficient (Wildman–Crippen LogP) is 5.21. The van der Waals surface area contributed by atoms with Gasteiger partial charge in [0.1, 0.15) is 22.2 Å². The van der Waals surface area contributed by atoms with Crippen LogP contribution in [0.5, 0.6) is 17.2 Å². The molecular formula is C21H19Cl2N3O5S. The van der Waals surface area contributed by atoms with Crippen LogP contribution in [0.25, 0.3) is 17.5 Å². The maximum Gasteiger partial charge on any atom is 0.342 e. The number of nitrogens with zero attached hydrogens (tertiary/aromatic N) is 3. The number of carboxylic acids is 1. The van der Waals surface area contributed by atoms with Gasteiger partial charge in [0.05, 0.1) is 19.2 Å². The first-order valence-corrected chi connectivity index (χ1v) is 10.8. The Morgan fingerprint density at radius 3 is 2.34 bits per heavy atom. The van der Waals surface area contributed by atoms with Gasteiger partial charge in [-0.05, 0) is 49.0 Å².